The van der Waals surface area contributed by atoms with Crippen molar-refractivity contribution in [2.24, 2.45) is 0 Å². The third-order valence-corrected chi connectivity index (χ3v) is 4.19. The van der Waals surface area contributed by atoms with Crippen molar-refractivity contribution >= 4 is 35.0 Å². The third kappa shape index (κ3) is 3.95. The summed E-state index contributed by atoms with van der Waals surface area (Å²) >= 11 is 0.754. The van der Waals surface area contributed by atoms with Crippen molar-refractivity contribution in [3.8, 4) is 23.8 Å². The van der Waals surface area contributed by atoms with Crippen LogP contribution in [0.3, 0.4) is 0 Å². The molecule has 1 saturated heterocycles. The molecule has 2 rings (SSSR count). The summed E-state index contributed by atoms with van der Waals surface area (Å²) in [7, 11) is 1.41. The lowest BCUT2D eigenvalue weighted by molar-refractivity contribution is -0.144. The molecule has 130 valence electrons. The maximum absolute atomic E-state index is 12.3. The van der Waals surface area contributed by atoms with Gasteiger partial charge in [-0.05, 0) is 30.8 Å². The van der Waals surface area contributed by atoms with Gasteiger partial charge in [-0.15, -0.1) is 6.42 Å². The summed E-state index contributed by atoms with van der Waals surface area (Å²) in [5.41, 5.74) is 0.415. The average Bonchev–Trinajstić information content (AvgIpc) is 2.84. The number of amides is 2. The van der Waals surface area contributed by atoms with Crippen molar-refractivity contribution in [1.82, 2.24) is 4.90 Å². The first-order valence-electron chi connectivity index (χ1n) is 7.14. The highest BCUT2D eigenvalue weighted by molar-refractivity contribution is 8.18. The van der Waals surface area contributed by atoms with E-state index in [2.05, 4.69) is 5.92 Å². The second-order valence-electron chi connectivity index (χ2n) is 4.95. The second kappa shape index (κ2) is 7.77. The first-order chi connectivity index (χ1) is 11.9. The van der Waals surface area contributed by atoms with Crippen LogP contribution in [0.5, 0.6) is 11.5 Å². The number of carbonyl (C=O) groups is 3. The largest absolute Gasteiger partial charge is 0.493 e. The van der Waals surface area contributed by atoms with E-state index in [0.29, 0.717) is 11.3 Å². The van der Waals surface area contributed by atoms with Gasteiger partial charge >= 0.3 is 5.97 Å². The van der Waals surface area contributed by atoms with Crippen molar-refractivity contribution in [3.05, 3.63) is 28.7 Å². The van der Waals surface area contributed by atoms with E-state index in [9.17, 15) is 14.4 Å². The maximum atomic E-state index is 12.3. The van der Waals surface area contributed by atoms with Gasteiger partial charge in [0, 0.05) is 5.56 Å². The molecule has 0 aliphatic carbocycles. The van der Waals surface area contributed by atoms with Crippen molar-refractivity contribution in [2.75, 3.05) is 13.7 Å². The monoisotopic (exact) mass is 361 g/mol. The molecule has 0 radical (unpaired) electrons. The van der Waals surface area contributed by atoms with Crippen LogP contribution < -0.4 is 9.47 Å². The molecule has 1 aromatic carbocycles. The molecule has 1 aliphatic heterocycles. The van der Waals surface area contributed by atoms with Crippen LogP contribution >= 0.6 is 11.8 Å². The van der Waals surface area contributed by atoms with Crippen LogP contribution in [0.25, 0.3) is 6.08 Å². The second-order valence-corrected chi connectivity index (χ2v) is 5.94. The van der Waals surface area contributed by atoms with E-state index in [-0.39, 0.29) is 17.2 Å². The van der Waals surface area contributed by atoms with Gasteiger partial charge in [-0.2, -0.15) is 0 Å². The van der Waals surface area contributed by atoms with Crippen molar-refractivity contribution in [2.45, 2.75) is 13.0 Å². The average molecular weight is 361 g/mol. The van der Waals surface area contributed by atoms with Crippen LogP contribution in [0, 0.1) is 12.3 Å². The number of ether oxygens (including phenoxy) is 2. The molecule has 25 heavy (non-hydrogen) atoms. The molecule has 1 atom stereocenters. The summed E-state index contributed by atoms with van der Waals surface area (Å²) in [6.07, 6.45) is 5.49. The van der Waals surface area contributed by atoms with E-state index < -0.39 is 23.2 Å². The number of imide groups is 1. The number of carboxylic acid groups (broad SMARTS) is 1. The number of carbonyl (C=O) groups excluding carboxylic acids is 2. The predicted octanol–water partition coefficient (Wildman–Crippen LogP) is 2.22. The number of terminal acetylenes is 1. The van der Waals surface area contributed by atoms with Gasteiger partial charge in [0.05, 0.1) is 18.6 Å². The maximum Gasteiger partial charge on any atom is 0.344 e. The Morgan fingerprint density at radius 2 is 2.20 bits per heavy atom. The van der Waals surface area contributed by atoms with Gasteiger partial charge in [0.2, 0.25) is 0 Å². The summed E-state index contributed by atoms with van der Waals surface area (Å²) in [6, 6.07) is 4.89. The van der Waals surface area contributed by atoms with Gasteiger partial charge in [0.25, 0.3) is 11.1 Å². The van der Waals surface area contributed by atoms with Crippen LogP contribution in [0.1, 0.15) is 12.5 Å². The van der Waals surface area contributed by atoms with Crippen LogP contribution in [0.15, 0.2) is 23.1 Å². The van der Waals surface area contributed by atoms with Gasteiger partial charge in [-0.3, -0.25) is 14.5 Å². The Balaban J connectivity index is 2.43. The minimum atomic E-state index is -1.15. The molecular formula is C17H15NO6S. The number of aliphatic carboxylic acids is 1. The summed E-state index contributed by atoms with van der Waals surface area (Å²) < 4.78 is 10.7. The molecule has 7 nitrogen and oxygen atoms in total. The highest BCUT2D eigenvalue weighted by Gasteiger charge is 2.34. The molecule has 1 heterocycles. The molecule has 1 fully saturated rings. The molecule has 0 aromatic heterocycles. The van der Waals surface area contributed by atoms with Gasteiger partial charge in [-0.25, -0.2) is 4.79 Å². The first kappa shape index (κ1) is 18.4. The molecule has 0 spiro atoms. The van der Waals surface area contributed by atoms with Crippen LogP contribution in [-0.2, 0) is 9.59 Å². The lowest BCUT2D eigenvalue weighted by Gasteiger charge is -2.16. The Morgan fingerprint density at radius 1 is 1.48 bits per heavy atom. The number of thioether (sulfide) groups is 1. The topological polar surface area (TPSA) is 93.1 Å². The summed E-state index contributed by atoms with van der Waals surface area (Å²) in [4.78, 5) is 36.3. The lowest BCUT2D eigenvalue weighted by Crippen LogP contribution is -2.28. The van der Waals surface area contributed by atoms with Crippen molar-refractivity contribution in [3.63, 3.8) is 0 Å². The molecule has 1 aromatic rings. The lowest BCUT2D eigenvalue weighted by atomic mass is 10.1. The third-order valence-electron chi connectivity index (χ3n) is 3.28. The zero-order valence-corrected chi connectivity index (χ0v) is 14.3. The smallest absolute Gasteiger partial charge is 0.344 e. The number of methoxy groups -OCH3 is 1. The summed E-state index contributed by atoms with van der Waals surface area (Å²) in [5.74, 6) is 1.08. The van der Waals surface area contributed by atoms with Gasteiger partial charge in [0.15, 0.2) is 17.6 Å². The molecule has 1 aliphatic rings. The number of rotatable bonds is 6. The Bertz CT molecular complexity index is 795. The molecule has 0 bridgehead atoms. The molecule has 0 saturated carbocycles. The Morgan fingerprint density at radius 3 is 2.80 bits per heavy atom. The normalized spacial score (nSPS) is 16.7. The Labute approximate surface area is 148 Å². The van der Waals surface area contributed by atoms with Crippen molar-refractivity contribution < 1.29 is 29.0 Å². The fraction of sp³-hybridized carbons (Fsp3) is 0.235. The van der Waals surface area contributed by atoms with E-state index in [1.165, 1.54) is 20.1 Å². The fourth-order valence-corrected chi connectivity index (χ4v) is 2.86. The highest BCUT2D eigenvalue weighted by Crippen LogP contribution is 2.37. The zero-order valence-electron chi connectivity index (χ0n) is 13.5. The SMILES string of the molecule is C#CCN1C(=O)S/C(=C\c2cccc(OC)c2O[C@@H](C)C(=O)O)C1=O. The Kier molecular flexibility index (Phi) is 5.72. The number of nitrogens with zero attached hydrogens (tertiary/aromatic N) is 1. The molecule has 0 unspecified atom stereocenters. The number of benzene rings is 1. The van der Waals surface area contributed by atoms with E-state index in [1.54, 1.807) is 18.2 Å². The molecule has 1 N–H and O–H groups in total. The van der Waals surface area contributed by atoms with Gasteiger partial charge in [0.1, 0.15) is 0 Å². The van der Waals surface area contributed by atoms with Gasteiger partial charge < -0.3 is 14.6 Å². The predicted molar refractivity (Wildman–Crippen MR) is 92.2 cm³/mol. The number of hydrogen-bond donors (Lipinski definition) is 1. The number of carboxylic acids is 1. The van der Waals surface area contributed by atoms with Crippen LogP contribution in [-0.4, -0.2) is 46.9 Å². The van der Waals surface area contributed by atoms with Gasteiger partial charge in [-0.1, -0.05) is 18.1 Å². The van der Waals surface area contributed by atoms with Crippen molar-refractivity contribution in [1.29, 1.82) is 0 Å². The van der Waals surface area contributed by atoms with E-state index in [1.807, 2.05) is 0 Å². The summed E-state index contributed by atoms with van der Waals surface area (Å²) in [6.45, 7) is 1.26. The highest BCUT2D eigenvalue weighted by atomic mass is 32.2. The number of para-hydroxylation sites is 1. The first-order valence-corrected chi connectivity index (χ1v) is 7.96. The van der Waals surface area contributed by atoms with E-state index >= 15 is 0 Å². The summed E-state index contributed by atoms with van der Waals surface area (Å²) in [5, 5.41) is 8.58. The standard InChI is InChI=1S/C17H15NO6S/c1-4-8-18-15(19)13(25-17(18)22)9-11-6-5-7-12(23-3)14(11)24-10(2)16(20)21/h1,5-7,9-10H,8H2,2-3H3,(H,20,21)/b13-9-/t10-/m0/s1. The zero-order chi connectivity index (χ0) is 18.6. The van der Waals surface area contributed by atoms with E-state index in [4.69, 9.17) is 21.0 Å². The van der Waals surface area contributed by atoms with Crippen LogP contribution in [0.4, 0.5) is 4.79 Å². The minimum Gasteiger partial charge on any atom is -0.493 e. The molecular weight excluding hydrogens is 346 g/mol. The molecule has 2 amide bonds. The Hall–Kier alpha value is -2.92. The molecule has 8 heteroatoms. The van der Waals surface area contributed by atoms with E-state index in [0.717, 1.165) is 16.7 Å². The fourth-order valence-electron chi connectivity index (χ4n) is 2.03. The number of hydrogen-bond acceptors (Lipinski definition) is 6. The minimum absolute atomic E-state index is 0.112. The quantitative estimate of drug-likeness (QED) is 0.613. The van der Waals surface area contributed by atoms with Crippen LogP contribution in [0.2, 0.25) is 0 Å².